The number of ketones is 2. The van der Waals surface area contributed by atoms with Crippen molar-refractivity contribution >= 4 is 29.4 Å². The molecule has 1 aromatic carbocycles. The molecule has 9 nitrogen and oxygen atoms in total. The van der Waals surface area contributed by atoms with Crippen LogP contribution in [0.1, 0.15) is 64.4 Å². The Bertz CT molecular complexity index is 965. The van der Waals surface area contributed by atoms with E-state index in [-0.39, 0.29) is 56.0 Å². The highest BCUT2D eigenvalue weighted by Gasteiger charge is 2.39. The number of carbonyl (C=O) groups is 4. The molecule has 1 amide bonds. The molecule has 38 heavy (non-hydrogen) atoms. The standard InChI is InChI=1S/C28H41FN4O5/c1-19(2)14-22(16-26(36)38-18-20-8-4-3-5-9-20)27(37)33-13-7-11-23(33)24(34)15-21(25(35)17-29)10-6-12-32-28(30)31/h3-5,8-9,19,21-23H,6-7,10-18H2,1-2H3,(H4,30,31,32)/t21-,22-,23+/m1/s1. The summed E-state index contributed by atoms with van der Waals surface area (Å²) in [6.45, 7) is 3.58. The smallest absolute Gasteiger partial charge is 0.306 e. The molecular formula is C28H41FN4O5. The Labute approximate surface area is 224 Å². The van der Waals surface area contributed by atoms with Gasteiger partial charge in [-0.15, -0.1) is 0 Å². The predicted molar refractivity (Wildman–Crippen MR) is 143 cm³/mol. The van der Waals surface area contributed by atoms with Gasteiger partial charge in [0.25, 0.3) is 0 Å². The number of rotatable bonds is 16. The van der Waals surface area contributed by atoms with Crippen molar-refractivity contribution in [1.29, 1.82) is 0 Å². The van der Waals surface area contributed by atoms with Crippen molar-refractivity contribution in [3.63, 3.8) is 0 Å². The van der Waals surface area contributed by atoms with E-state index in [2.05, 4.69) is 4.99 Å². The molecular weight excluding hydrogens is 491 g/mol. The van der Waals surface area contributed by atoms with Crippen molar-refractivity contribution < 1.29 is 28.3 Å². The second-order valence-electron chi connectivity index (χ2n) is 10.3. The molecule has 10 heteroatoms. The normalized spacial score (nSPS) is 16.6. The van der Waals surface area contributed by atoms with Gasteiger partial charge in [-0.25, -0.2) is 4.39 Å². The van der Waals surface area contributed by atoms with E-state index >= 15 is 0 Å². The van der Waals surface area contributed by atoms with Crippen LogP contribution in [0.15, 0.2) is 35.3 Å². The van der Waals surface area contributed by atoms with Crippen LogP contribution in [0.25, 0.3) is 0 Å². The van der Waals surface area contributed by atoms with Crippen LogP contribution in [0, 0.1) is 17.8 Å². The van der Waals surface area contributed by atoms with Gasteiger partial charge in [0.05, 0.1) is 12.5 Å². The molecule has 0 radical (unpaired) electrons. The number of aliphatic imine (C=N–C) groups is 1. The number of benzene rings is 1. The molecule has 0 aliphatic carbocycles. The third-order valence-electron chi connectivity index (χ3n) is 6.71. The van der Waals surface area contributed by atoms with Gasteiger partial charge in [0.2, 0.25) is 5.91 Å². The lowest BCUT2D eigenvalue weighted by molar-refractivity contribution is -0.151. The molecule has 0 unspecified atom stereocenters. The molecule has 1 aliphatic heterocycles. The van der Waals surface area contributed by atoms with Crippen LogP contribution < -0.4 is 11.5 Å². The van der Waals surface area contributed by atoms with E-state index < -0.39 is 36.3 Å². The number of nitrogens with zero attached hydrogens (tertiary/aromatic N) is 2. The minimum Gasteiger partial charge on any atom is -0.461 e. The Kier molecular flexibility index (Phi) is 12.9. The Hall–Kier alpha value is -3.30. The molecule has 1 aliphatic rings. The number of alkyl halides is 1. The van der Waals surface area contributed by atoms with Crippen molar-refractivity contribution in [3.8, 4) is 0 Å². The number of nitrogens with two attached hydrogens (primary N) is 2. The summed E-state index contributed by atoms with van der Waals surface area (Å²) in [5, 5.41) is 0. The first kappa shape index (κ1) is 30.9. The topological polar surface area (TPSA) is 145 Å². The van der Waals surface area contributed by atoms with Crippen molar-refractivity contribution in [3.05, 3.63) is 35.9 Å². The van der Waals surface area contributed by atoms with Crippen LogP contribution in [0.3, 0.4) is 0 Å². The zero-order valence-electron chi connectivity index (χ0n) is 22.4. The van der Waals surface area contributed by atoms with Crippen molar-refractivity contribution in [2.75, 3.05) is 19.8 Å². The van der Waals surface area contributed by atoms with Gasteiger partial charge in [-0.1, -0.05) is 44.2 Å². The van der Waals surface area contributed by atoms with Gasteiger partial charge in [-0.05, 0) is 43.6 Å². The fourth-order valence-electron chi connectivity index (χ4n) is 4.85. The number of amides is 1. The average molecular weight is 533 g/mol. The SMILES string of the molecule is CC(C)C[C@H](CC(=O)OCc1ccccc1)C(=O)N1CCC[C@H]1C(=O)C[C@@H](CCCN=C(N)N)C(=O)CF. The van der Waals surface area contributed by atoms with Crippen LogP contribution in [-0.2, 0) is 30.5 Å². The highest BCUT2D eigenvalue weighted by molar-refractivity contribution is 5.94. The molecule has 0 saturated carbocycles. The number of ether oxygens (including phenoxy) is 1. The molecule has 1 aromatic rings. The number of esters is 1. The Morgan fingerprint density at radius 2 is 1.82 bits per heavy atom. The van der Waals surface area contributed by atoms with Crippen LogP contribution in [-0.4, -0.2) is 60.1 Å². The van der Waals surface area contributed by atoms with E-state index in [4.69, 9.17) is 16.2 Å². The van der Waals surface area contributed by atoms with Gasteiger partial charge in [-0.3, -0.25) is 24.2 Å². The summed E-state index contributed by atoms with van der Waals surface area (Å²) in [5.74, 6) is -2.96. The van der Waals surface area contributed by atoms with Crippen molar-refractivity contribution in [1.82, 2.24) is 4.90 Å². The summed E-state index contributed by atoms with van der Waals surface area (Å²) >= 11 is 0. The molecule has 1 fully saturated rings. The minimum absolute atomic E-state index is 0.0744. The first-order valence-corrected chi connectivity index (χ1v) is 13.3. The lowest BCUT2D eigenvalue weighted by atomic mass is 9.89. The number of hydrogen-bond donors (Lipinski definition) is 2. The van der Waals surface area contributed by atoms with Crippen LogP contribution in [0.4, 0.5) is 4.39 Å². The zero-order valence-corrected chi connectivity index (χ0v) is 22.4. The van der Waals surface area contributed by atoms with E-state index in [1.165, 1.54) is 4.90 Å². The number of likely N-dealkylation sites (tertiary alicyclic amines) is 1. The van der Waals surface area contributed by atoms with E-state index in [0.29, 0.717) is 32.2 Å². The molecule has 2 rings (SSSR count). The summed E-state index contributed by atoms with van der Waals surface area (Å²) in [4.78, 5) is 57.0. The maximum Gasteiger partial charge on any atom is 0.306 e. The summed E-state index contributed by atoms with van der Waals surface area (Å²) in [6, 6.07) is 8.60. The third kappa shape index (κ3) is 10.2. The molecule has 0 aromatic heterocycles. The van der Waals surface area contributed by atoms with Gasteiger partial charge in [0.1, 0.15) is 13.3 Å². The summed E-state index contributed by atoms with van der Waals surface area (Å²) < 4.78 is 18.6. The molecule has 3 atom stereocenters. The van der Waals surface area contributed by atoms with Crippen molar-refractivity contribution in [2.24, 2.45) is 34.2 Å². The minimum atomic E-state index is -1.16. The number of guanidine groups is 1. The molecule has 210 valence electrons. The highest BCUT2D eigenvalue weighted by Crippen LogP contribution is 2.28. The predicted octanol–water partition coefficient (Wildman–Crippen LogP) is 2.94. The third-order valence-corrected chi connectivity index (χ3v) is 6.71. The number of Topliss-reactive ketones (excluding diaryl/α,β-unsaturated/α-hetero) is 2. The monoisotopic (exact) mass is 532 g/mol. The Morgan fingerprint density at radius 3 is 2.45 bits per heavy atom. The fourth-order valence-corrected chi connectivity index (χ4v) is 4.85. The van der Waals surface area contributed by atoms with Crippen LogP contribution in [0.2, 0.25) is 0 Å². The number of halogens is 1. The van der Waals surface area contributed by atoms with E-state index in [1.54, 1.807) is 0 Å². The van der Waals surface area contributed by atoms with Crippen LogP contribution >= 0.6 is 0 Å². The summed E-state index contributed by atoms with van der Waals surface area (Å²) in [7, 11) is 0. The molecule has 0 bridgehead atoms. The van der Waals surface area contributed by atoms with Crippen molar-refractivity contribution in [2.45, 2.75) is 71.4 Å². The molecule has 0 spiro atoms. The molecule has 4 N–H and O–H groups in total. The lowest BCUT2D eigenvalue weighted by Gasteiger charge is -2.29. The number of carbonyl (C=O) groups excluding carboxylic acids is 4. The van der Waals surface area contributed by atoms with Gasteiger partial charge in [0.15, 0.2) is 17.5 Å². The maximum atomic E-state index is 13.6. The number of hydrogen-bond acceptors (Lipinski definition) is 6. The highest BCUT2D eigenvalue weighted by atomic mass is 19.1. The van der Waals surface area contributed by atoms with Gasteiger partial charge in [0, 0.05) is 31.3 Å². The van der Waals surface area contributed by atoms with Gasteiger partial charge < -0.3 is 21.1 Å². The molecule has 1 heterocycles. The summed E-state index contributed by atoms with van der Waals surface area (Å²) in [5.41, 5.74) is 11.5. The van der Waals surface area contributed by atoms with Crippen LogP contribution in [0.5, 0.6) is 0 Å². The van der Waals surface area contributed by atoms with E-state index in [1.807, 2.05) is 44.2 Å². The first-order chi connectivity index (χ1) is 18.1. The molecule has 1 saturated heterocycles. The lowest BCUT2D eigenvalue weighted by Crippen LogP contribution is -2.45. The quantitative estimate of drug-likeness (QED) is 0.144. The second kappa shape index (κ2) is 15.8. The fraction of sp³-hybridized carbons (Fsp3) is 0.607. The maximum absolute atomic E-state index is 13.6. The van der Waals surface area contributed by atoms with E-state index in [0.717, 1.165) is 5.56 Å². The summed E-state index contributed by atoms with van der Waals surface area (Å²) in [6.07, 6.45) is 2.07. The van der Waals surface area contributed by atoms with Gasteiger partial charge >= 0.3 is 5.97 Å². The zero-order chi connectivity index (χ0) is 28.1. The second-order valence-corrected chi connectivity index (χ2v) is 10.3. The average Bonchev–Trinajstić information content (AvgIpc) is 3.38. The Morgan fingerprint density at radius 1 is 1.11 bits per heavy atom. The first-order valence-electron chi connectivity index (χ1n) is 13.3. The Balaban J connectivity index is 2.04. The largest absolute Gasteiger partial charge is 0.461 e. The van der Waals surface area contributed by atoms with E-state index in [9.17, 15) is 23.6 Å². The van der Waals surface area contributed by atoms with Gasteiger partial charge in [-0.2, -0.15) is 0 Å².